The second-order valence-corrected chi connectivity index (χ2v) is 10.4. The number of fused-ring (bicyclic) bond motifs is 1. The number of rotatable bonds is 13. The van der Waals surface area contributed by atoms with Crippen molar-refractivity contribution in [3.05, 3.63) is 87.8 Å². The van der Waals surface area contributed by atoms with Crippen molar-refractivity contribution in [2.75, 3.05) is 32.7 Å². The zero-order valence-corrected chi connectivity index (χ0v) is 23.0. The molecule has 39 heavy (non-hydrogen) atoms. The van der Waals surface area contributed by atoms with Crippen molar-refractivity contribution in [2.45, 2.75) is 39.3 Å². The minimum atomic E-state index is -0.0674. The van der Waals surface area contributed by atoms with Gasteiger partial charge in [-0.05, 0) is 38.1 Å². The summed E-state index contributed by atoms with van der Waals surface area (Å²) >= 11 is 0. The number of nitrogens with one attached hydrogen (secondary N) is 1. The number of nitrogens with zero attached hydrogens (tertiary/aromatic N) is 4. The highest BCUT2D eigenvalue weighted by Crippen LogP contribution is 2.43. The van der Waals surface area contributed by atoms with Crippen molar-refractivity contribution < 1.29 is 14.9 Å². The molecule has 3 aliphatic rings. The minimum absolute atomic E-state index is 0.0674. The molecule has 0 aromatic heterocycles. The molecule has 0 radical (unpaired) electrons. The topological polar surface area (TPSA) is 112 Å². The third-order valence-corrected chi connectivity index (χ3v) is 7.33. The summed E-state index contributed by atoms with van der Waals surface area (Å²) in [6, 6.07) is 9.94. The number of ether oxygens (including phenoxy) is 1. The van der Waals surface area contributed by atoms with Crippen molar-refractivity contribution in [3.8, 4) is 0 Å². The first-order valence-electron chi connectivity index (χ1n) is 13.6. The summed E-state index contributed by atoms with van der Waals surface area (Å²) in [5, 5.41) is 14.3. The number of hydrogen-bond donors (Lipinski definition) is 2. The van der Waals surface area contributed by atoms with Crippen molar-refractivity contribution in [1.82, 2.24) is 15.2 Å². The number of carbonyl (C=O) groups excluding carboxylic acids is 1. The summed E-state index contributed by atoms with van der Waals surface area (Å²) in [6.45, 7) is 9.02. The average Bonchev–Trinajstić information content (AvgIpc) is 3.66. The van der Waals surface area contributed by atoms with Crippen LogP contribution in [0.15, 0.2) is 87.6 Å². The van der Waals surface area contributed by atoms with Crippen molar-refractivity contribution in [3.63, 3.8) is 0 Å². The van der Waals surface area contributed by atoms with Crippen molar-refractivity contribution in [1.29, 1.82) is 0 Å². The Morgan fingerprint density at radius 2 is 1.79 bits per heavy atom. The Morgan fingerprint density at radius 3 is 2.38 bits per heavy atom. The van der Waals surface area contributed by atoms with Crippen LogP contribution < -0.4 is 10.8 Å². The fraction of sp³-hybridized carbons (Fsp3) is 0.433. The standard InChI is InChI=1S/C30H38N6O3/c1-21(2)39-28(13-18-37)27(19-32-33-30-24-11-7-8-12-25(24)30)36-16-14-35(15-17-36)20-26(22(3)34-38)29(31)23-9-5-4-6-10-23/h4-12,18-19,21,24-25,30-31,33H,13-17,20H2,1-3H3/p+1/b26-22-,28-27-,31-29?,32-19-. The Labute approximate surface area is 230 Å². The number of hydrogen-bond acceptors (Lipinski definition) is 8. The highest BCUT2D eigenvalue weighted by molar-refractivity contribution is 6.09. The number of piperazine rings is 1. The van der Waals surface area contributed by atoms with Gasteiger partial charge in [0.2, 0.25) is 5.71 Å². The molecule has 9 nitrogen and oxygen atoms in total. The second kappa shape index (κ2) is 13.3. The molecule has 3 N–H and O–H groups in total. The molecule has 1 saturated heterocycles. The van der Waals surface area contributed by atoms with Crippen LogP contribution >= 0.6 is 0 Å². The molecule has 0 spiro atoms. The quantitative estimate of drug-likeness (QED) is 0.133. The molecular weight excluding hydrogens is 492 g/mol. The van der Waals surface area contributed by atoms with Crippen LogP contribution in [0.2, 0.25) is 0 Å². The van der Waals surface area contributed by atoms with Gasteiger partial charge < -0.3 is 19.9 Å². The predicted molar refractivity (Wildman–Crippen MR) is 154 cm³/mol. The Bertz CT molecular complexity index is 1170. The van der Waals surface area contributed by atoms with Crippen LogP contribution in [-0.2, 0) is 9.53 Å². The van der Waals surface area contributed by atoms with E-state index in [1.54, 1.807) is 13.1 Å². The van der Waals surface area contributed by atoms with Gasteiger partial charge >= 0.3 is 0 Å². The smallest absolute Gasteiger partial charge is 0.210 e. The molecule has 1 heterocycles. The number of benzene rings is 1. The number of nitrogens with two attached hydrogens (primary N) is 1. The lowest BCUT2D eigenvalue weighted by Crippen LogP contribution is -2.49. The van der Waals surface area contributed by atoms with Crippen molar-refractivity contribution >= 4 is 18.2 Å². The van der Waals surface area contributed by atoms with Gasteiger partial charge in [0.15, 0.2) is 0 Å². The van der Waals surface area contributed by atoms with Gasteiger partial charge in [-0.2, -0.15) is 5.10 Å². The van der Waals surface area contributed by atoms with Gasteiger partial charge in [0.25, 0.3) is 0 Å². The van der Waals surface area contributed by atoms with Gasteiger partial charge in [-0.15, -0.1) is 4.91 Å². The van der Waals surface area contributed by atoms with E-state index in [9.17, 15) is 9.70 Å². The van der Waals surface area contributed by atoms with Crippen LogP contribution in [0, 0.1) is 16.7 Å². The fourth-order valence-electron chi connectivity index (χ4n) is 5.11. The first-order chi connectivity index (χ1) is 18.9. The van der Waals surface area contributed by atoms with E-state index in [0.717, 1.165) is 36.2 Å². The van der Waals surface area contributed by atoms with E-state index < -0.39 is 0 Å². The first-order valence-corrected chi connectivity index (χ1v) is 13.6. The Kier molecular flexibility index (Phi) is 9.59. The number of allylic oxidation sites excluding steroid dienone is 5. The minimum Gasteiger partial charge on any atom is -0.493 e. The zero-order chi connectivity index (χ0) is 27.8. The lowest BCUT2D eigenvalue weighted by Gasteiger charge is -2.37. The van der Waals surface area contributed by atoms with E-state index >= 15 is 0 Å². The van der Waals surface area contributed by atoms with Gasteiger partial charge in [0.1, 0.15) is 12.0 Å². The van der Waals surface area contributed by atoms with Gasteiger partial charge in [-0.25, -0.2) is 0 Å². The summed E-state index contributed by atoms with van der Waals surface area (Å²) in [5.74, 6) is 1.59. The summed E-state index contributed by atoms with van der Waals surface area (Å²) in [6.07, 6.45) is 11.3. The molecule has 206 valence electrons. The van der Waals surface area contributed by atoms with Gasteiger partial charge in [-0.3, -0.25) is 10.3 Å². The maximum Gasteiger partial charge on any atom is 0.210 e. The van der Waals surface area contributed by atoms with Gasteiger partial charge in [-0.1, -0.05) is 42.5 Å². The van der Waals surface area contributed by atoms with Crippen molar-refractivity contribution in [2.24, 2.45) is 22.1 Å². The Balaban J connectivity index is 1.46. The average molecular weight is 532 g/mol. The lowest BCUT2D eigenvalue weighted by atomic mass is 10.00. The highest BCUT2D eigenvalue weighted by Gasteiger charge is 2.47. The van der Waals surface area contributed by atoms with E-state index in [4.69, 9.17) is 10.1 Å². The molecule has 2 fully saturated rings. The lowest BCUT2D eigenvalue weighted by molar-refractivity contribution is -0.112. The summed E-state index contributed by atoms with van der Waals surface area (Å²) in [4.78, 5) is 27.4. The maximum atomic E-state index is 11.5. The summed E-state index contributed by atoms with van der Waals surface area (Å²) in [7, 11) is 0. The molecule has 0 amide bonds. The second-order valence-electron chi connectivity index (χ2n) is 10.4. The summed E-state index contributed by atoms with van der Waals surface area (Å²) < 4.78 is 6.07. The SMILES string of the molecule is C/C(N=O)=C(\CN1CCN(C(/C=N\NC2C3C=CC=CC32)=C(/CC=O)OC(C)C)CC1)C(=[NH2+])c1ccccc1. The third kappa shape index (κ3) is 7.17. The van der Waals surface area contributed by atoms with E-state index in [1.807, 2.05) is 44.2 Å². The summed E-state index contributed by atoms with van der Waals surface area (Å²) in [5.41, 5.74) is 6.67. The van der Waals surface area contributed by atoms with Crippen LogP contribution in [0.25, 0.3) is 0 Å². The molecule has 2 atom stereocenters. The highest BCUT2D eigenvalue weighted by atomic mass is 16.5. The van der Waals surface area contributed by atoms with E-state index in [1.165, 1.54) is 0 Å². The number of nitroso groups, excluding NO2 is 1. The molecule has 1 aromatic carbocycles. The molecule has 9 heteroatoms. The number of hydrazone groups is 1. The monoisotopic (exact) mass is 531 g/mol. The Morgan fingerprint density at radius 1 is 1.13 bits per heavy atom. The Hall–Kier alpha value is -3.85. The molecule has 1 aromatic rings. The van der Waals surface area contributed by atoms with Crippen LogP contribution in [0.3, 0.4) is 0 Å². The van der Waals surface area contributed by atoms with E-state index in [2.05, 4.69) is 49.8 Å². The number of aldehydes is 1. The predicted octanol–water partition coefficient (Wildman–Crippen LogP) is 2.43. The molecule has 4 rings (SSSR count). The first kappa shape index (κ1) is 28.2. The van der Waals surface area contributed by atoms with Gasteiger partial charge in [0, 0.05) is 50.1 Å². The van der Waals surface area contributed by atoms with Gasteiger partial charge in [0.05, 0.1) is 41.7 Å². The number of carbonyl (C=O) groups is 1. The fourth-order valence-corrected chi connectivity index (χ4v) is 5.11. The van der Waals surface area contributed by atoms with Crippen LogP contribution in [0.4, 0.5) is 0 Å². The van der Waals surface area contributed by atoms with E-state index in [0.29, 0.717) is 54.7 Å². The molecule has 2 aliphatic carbocycles. The maximum absolute atomic E-state index is 11.5. The third-order valence-electron chi connectivity index (χ3n) is 7.33. The van der Waals surface area contributed by atoms with E-state index in [-0.39, 0.29) is 12.5 Å². The molecule has 1 saturated carbocycles. The molecule has 2 unspecified atom stereocenters. The van der Waals surface area contributed by atoms with Crippen LogP contribution in [0.1, 0.15) is 32.8 Å². The molecule has 1 aliphatic heterocycles. The largest absolute Gasteiger partial charge is 0.493 e. The zero-order valence-electron chi connectivity index (χ0n) is 23.0. The normalized spacial score (nSPS) is 23.7. The molecule has 0 bridgehead atoms. The molecular formula is C30H39N6O3+. The van der Waals surface area contributed by atoms with Crippen LogP contribution in [0.5, 0.6) is 0 Å². The van der Waals surface area contributed by atoms with Crippen LogP contribution in [-0.4, -0.2) is 72.9 Å².